The minimum absolute atomic E-state index is 0.0209. The van der Waals surface area contributed by atoms with Gasteiger partial charge in [0, 0.05) is 59.6 Å². The molecule has 270 valence electrons. The number of para-hydroxylation sites is 2. The number of guanidine groups is 1. The van der Waals surface area contributed by atoms with Crippen molar-refractivity contribution < 1.29 is 24.3 Å². The second kappa shape index (κ2) is 16.2. The summed E-state index contributed by atoms with van der Waals surface area (Å²) < 4.78 is 0. The van der Waals surface area contributed by atoms with Crippen molar-refractivity contribution in [2.24, 2.45) is 16.5 Å². The number of hydrogen-bond acceptors (Lipinski definition) is 6. The van der Waals surface area contributed by atoms with Crippen LogP contribution >= 0.6 is 0 Å². The predicted molar refractivity (Wildman–Crippen MR) is 198 cm³/mol. The Balaban J connectivity index is 1.19. The average Bonchev–Trinajstić information content (AvgIpc) is 3.73. The molecule has 3 heterocycles. The van der Waals surface area contributed by atoms with Crippen LogP contribution in [0.2, 0.25) is 0 Å². The zero-order valence-electron chi connectivity index (χ0n) is 28.5. The normalized spacial score (nSPS) is 15.6. The van der Waals surface area contributed by atoms with Gasteiger partial charge < -0.3 is 42.5 Å². The molecule has 0 aliphatic carbocycles. The van der Waals surface area contributed by atoms with Crippen LogP contribution in [0.3, 0.4) is 0 Å². The highest BCUT2D eigenvalue weighted by Crippen LogP contribution is 2.26. The lowest BCUT2D eigenvalue weighted by molar-refractivity contribution is -0.142. The molecule has 0 saturated heterocycles. The minimum atomic E-state index is -1.27. The molecule has 0 bridgehead atoms. The van der Waals surface area contributed by atoms with Crippen molar-refractivity contribution in [1.82, 2.24) is 31.2 Å². The highest BCUT2D eigenvalue weighted by Gasteiger charge is 2.33. The fourth-order valence-corrected chi connectivity index (χ4v) is 6.70. The molecule has 52 heavy (non-hydrogen) atoms. The zero-order chi connectivity index (χ0) is 36.6. The lowest BCUT2D eigenvalue weighted by Crippen LogP contribution is -2.58. The Kier molecular flexibility index (Phi) is 11.1. The number of hydrogen-bond donors (Lipinski definition) is 9. The molecule has 1 aliphatic rings. The Hall–Kier alpha value is -6.15. The smallest absolute Gasteiger partial charge is 0.326 e. The van der Waals surface area contributed by atoms with Gasteiger partial charge in [0.2, 0.25) is 17.7 Å². The highest BCUT2D eigenvalue weighted by molar-refractivity contribution is 5.95. The number of carbonyl (C=O) groups is 4. The third-order valence-corrected chi connectivity index (χ3v) is 9.36. The first-order valence-electron chi connectivity index (χ1n) is 17.3. The topological polar surface area (TPSA) is 233 Å². The molecule has 4 atom stereocenters. The van der Waals surface area contributed by atoms with Crippen molar-refractivity contribution in [3.8, 4) is 0 Å². The standard InChI is InChI=1S/C38H43N9O5/c39-38(40)41-16-8-15-29(45-35(49)30-19-26-25-12-5-7-14-28(25)44-33(26)21-43-30)34(48)46-31(17-22-9-2-1-3-10-22)36(50)47-32(37(51)52)18-23-20-42-27-13-6-4-11-24(23)27/h1-7,9-14,20,29-32,42-44H,8,15-19,21H2,(H,45,49)(H,46,48)(H,47,50)(H,51,52)(H4,39,40,41)/t29-,30-,31-,32-/m0/s1. The Bertz CT molecular complexity index is 2090. The molecule has 11 N–H and O–H groups in total. The van der Waals surface area contributed by atoms with Crippen molar-refractivity contribution >= 4 is 51.5 Å². The first-order valence-corrected chi connectivity index (χ1v) is 17.3. The molecule has 0 spiro atoms. The maximum Gasteiger partial charge on any atom is 0.326 e. The molecular formula is C38H43N9O5. The number of fused-ring (bicyclic) bond motifs is 4. The summed E-state index contributed by atoms with van der Waals surface area (Å²) in [6.07, 6.45) is 2.79. The molecular weight excluding hydrogens is 662 g/mol. The van der Waals surface area contributed by atoms with Gasteiger partial charge >= 0.3 is 5.97 Å². The summed E-state index contributed by atoms with van der Waals surface area (Å²) in [7, 11) is 0. The van der Waals surface area contributed by atoms with E-state index in [0.717, 1.165) is 44.2 Å². The maximum absolute atomic E-state index is 14.0. The Morgan fingerprint density at radius 1 is 0.808 bits per heavy atom. The molecule has 6 rings (SSSR count). The summed E-state index contributed by atoms with van der Waals surface area (Å²) in [5.41, 5.74) is 16.4. The number of aliphatic carboxylic acids is 1. The number of benzene rings is 3. The molecule has 1 aliphatic heterocycles. The third-order valence-electron chi connectivity index (χ3n) is 9.36. The molecule has 3 amide bonds. The molecule has 0 unspecified atom stereocenters. The first kappa shape index (κ1) is 35.7. The largest absolute Gasteiger partial charge is 0.480 e. The van der Waals surface area contributed by atoms with E-state index in [-0.39, 0.29) is 37.7 Å². The quantitative estimate of drug-likeness (QED) is 0.0441. The SMILES string of the molecule is NC(N)=NCCC[C@H](NC(=O)[C@@H]1Cc2c([nH]c3ccccc23)CN1)C(=O)N[C@@H](Cc1ccccc1)C(=O)N[C@@H](Cc1c[nH]c2ccccc12)C(=O)O. The second-order valence-electron chi connectivity index (χ2n) is 13.0. The number of aromatic nitrogens is 2. The average molecular weight is 706 g/mol. The van der Waals surface area contributed by atoms with Crippen LogP contribution < -0.4 is 32.7 Å². The van der Waals surface area contributed by atoms with E-state index in [1.807, 2.05) is 78.9 Å². The number of carboxylic acids is 1. The van der Waals surface area contributed by atoms with E-state index in [4.69, 9.17) is 11.5 Å². The molecule has 3 aromatic carbocycles. The van der Waals surface area contributed by atoms with Crippen LogP contribution in [0.15, 0.2) is 90.1 Å². The van der Waals surface area contributed by atoms with Crippen LogP contribution in [0, 0.1) is 0 Å². The van der Waals surface area contributed by atoms with Crippen LogP contribution in [0.1, 0.15) is 35.2 Å². The molecule has 0 fully saturated rings. The van der Waals surface area contributed by atoms with Gasteiger partial charge in [-0.25, -0.2) is 4.79 Å². The fraction of sp³-hybridized carbons (Fsp3) is 0.289. The van der Waals surface area contributed by atoms with E-state index in [2.05, 4.69) is 36.2 Å². The summed E-state index contributed by atoms with van der Waals surface area (Å²) in [5, 5.41) is 23.6. The lowest BCUT2D eigenvalue weighted by Gasteiger charge is -2.27. The van der Waals surface area contributed by atoms with E-state index < -0.39 is 42.0 Å². The van der Waals surface area contributed by atoms with Crippen molar-refractivity contribution in [2.45, 2.75) is 62.8 Å². The van der Waals surface area contributed by atoms with E-state index in [1.54, 1.807) is 6.20 Å². The Morgan fingerprint density at radius 3 is 2.23 bits per heavy atom. The number of carboxylic acid groups (broad SMARTS) is 1. The number of aliphatic imine (C=N–C) groups is 1. The van der Waals surface area contributed by atoms with Crippen molar-refractivity contribution in [1.29, 1.82) is 0 Å². The molecule has 5 aromatic rings. The highest BCUT2D eigenvalue weighted by atomic mass is 16.4. The molecule has 0 radical (unpaired) electrons. The predicted octanol–water partition coefficient (Wildman–Crippen LogP) is 1.74. The molecule has 0 saturated carbocycles. The molecule has 14 nitrogen and oxygen atoms in total. The fourth-order valence-electron chi connectivity index (χ4n) is 6.70. The van der Waals surface area contributed by atoms with Crippen molar-refractivity contribution in [3.63, 3.8) is 0 Å². The molecule has 14 heteroatoms. The van der Waals surface area contributed by atoms with Gasteiger partial charge in [-0.05, 0) is 48.1 Å². The third kappa shape index (κ3) is 8.58. The van der Waals surface area contributed by atoms with Crippen molar-refractivity contribution in [2.75, 3.05) is 6.54 Å². The van der Waals surface area contributed by atoms with E-state index in [0.29, 0.717) is 19.4 Å². The summed E-state index contributed by atoms with van der Waals surface area (Å²) in [5.74, 6) is -2.94. The van der Waals surface area contributed by atoms with Crippen LogP contribution in [0.5, 0.6) is 0 Å². The van der Waals surface area contributed by atoms with Crippen molar-refractivity contribution in [3.05, 3.63) is 107 Å². The van der Waals surface area contributed by atoms with Gasteiger partial charge in [0.25, 0.3) is 0 Å². The summed E-state index contributed by atoms with van der Waals surface area (Å²) in [4.78, 5) is 64.6. The van der Waals surface area contributed by atoms with Gasteiger partial charge in [-0.2, -0.15) is 0 Å². The van der Waals surface area contributed by atoms with Gasteiger partial charge in [0.05, 0.1) is 6.04 Å². The Labute approximate surface area is 299 Å². The number of rotatable bonds is 15. The van der Waals surface area contributed by atoms with E-state index in [9.17, 15) is 24.3 Å². The number of nitrogens with two attached hydrogens (primary N) is 2. The Morgan fingerprint density at radius 2 is 1.48 bits per heavy atom. The van der Waals surface area contributed by atoms with Crippen LogP contribution in [0.25, 0.3) is 21.8 Å². The van der Waals surface area contributed by atoms with Gasteiger partial charge in [-0.1, -0.05) is 66.7 Å². The molecule has 2 aromatic heterocycles. The number of aromatic amines is 2. The van der Waals surface area contributed by atoms with E-state index >= 15 is 0 Å². The van der Waals surface area contributed by atoms with Gasteiger partial charge in [0.1, 0.15) is 18.1 Å². The second-order valence-corrected chi connectivity index (χ2v) is 13.0. The number of carbonyl (C=O) groups excluding carboxylic acids is 3. The monoisotopic (exact) mass is 705 g/mol. The zero-order valence-corrected chi connectivity index (χ0v) is 28.5. The first-order chi connectivity index (χ1) is 25.2. The minimum Gasteiger partial charge on any atom is -0.480 e. The lowest BCUT2D eigenvalue weighted by atomic mass is 9.97. The summed E-state index contributed by atoms with van der Waals surface area (Å²) >= 11 is 0. The number of nitrogens with zero attached hydrogens (tertiary/aromatic N) is 1. The van der Waals surface area contributed by atoms with E-state index in [1.165, 1.54) is 0 Å². The number of amides is 3. The van der Waals surface area contributed by atoms with Crippen LogP contribution in [-0.4, -0.2) is 75.4 Å². The van der Waals surface area contributed by atoms with Gasteiger partial charge in [-0.3, -0.25) is 24.7 Å². The van der Waals surface area contributed by atoms with Crippen LogP contribution in [-0.2, 0) is 45.0 Å². The summed E-state index contributed by atoms with van der Waals surface area (Å²) in [6, 6.07) is 20.4. The van der Waals surface area contributed by atoms with Gasteiger partial charge in [0.15, 0.2) is 5.96 Å². The van der Waals surface area contributed by atoms with Crippen LogP contribution in [0.4, 0.5) is 0 Å². The summed E-state index contributed by atoms with van der Waals surface area (Å²) in [6.45, 7) is 0.677. The van der Waals surface area contributed by atoms with Gasteiger partial charge in [-0.15, -0.1) is 0 Å². The maximum atomic E-state index is 14.0. The number of H-pyrrole nitrogens is 2. The number of nitrogens with one attached hydrogen (secondary N) is 6.